The summed E-state index contributed by atoms with van der Waals surface area (Å²) in [5.74, 6) is -0.187. The molecule has 7 heteroatoms. The Labute approximate surface area is 170 Å². The van der Waals surface area contributed by atoms with Crippen LogP contribution in [0.2, 0.25) is 0 Å². The van der Waals surface area contributed by atoms with E-state index in [0.29, 0.717) is 5.69 Å². The summed E-state index contributed by atoms with van der Waals surface area (Å²) < 4.78 is 33.7. The molecule has 150 valence electrons. The number of para-hydroxylation sites is 1. The average Bonchev–Trinajstić information content (AvgIpc) is 2.70. The quantitative estimate of drug-likeness (QED) is 0.632. The maximum absolute atomic E-state index is 13.0. The highest BCUT2D eigenvalue weighted by Crippen LogP contribution is 2.28. The zero-order valence-electron chi connectivity index (χ0n) is 16.4. The number of rotatable bonds is 6. The van der Waals surface area contributed by atoms with Crippen LogP contribution < -0.4 is 14.8 Å². The van der Waals surface area contributed by atoms with Gasteiger partial charge in [0.1, 0.15) is 10.6 Å². The van der Waals surface area contributed by atoms with Crippen LogP contribution in [0.4, 0.5) is 11.4 Å². The minimum absolute atomic E-state index is 0.00810. The van der Waals surface area contributed by atoms with Gasteiger partial charge in [-0.3, -0.25) is 9.52 Å². The summed E-state index contributed by atoms with van der Waals surface area (Å²) in [7, 11) is -2.56. The van der Waals surface area contributed by atoms with E-state index in [1.54, 1.807) is 55.5 Å². The molecule has 0 saturated carbocycles. The normalized spacial score (nSPS) is 11.0. The maximum atomic E-state index is 13.0. The Hall–Kier alpha value is -3.32. The van der Waals surface area contributed by atoms with E-state index in [1.807, 2.05) is 19.1 Å². The van der Waals surface area contributed by atoms with Crippen LogP contribution in [0.1, 0.15) is 21.5 Å². The van der Waals surface area contributed by atoms with E-state index in [1.165, 1.54) is 13.2 Å². The number of benzene rings is 3. The fraction of sp³-hybridized carbons (Fsp3) is 0.136. The first-order valence-corrected chi connectivity index (χ1v) is 10.4. The number of sulfonamides is 1. The van der Waals surface area contributed by atoms with Gasteiger partial charge in [-0.05, 0) is 55.8 Å². The van der Waals surface area contributed by atoms with Crippen molar-refractivity contribution >= 4 is 27.3 Å². The van der Waals surface area contributed by atoms with E-state index in [4.69, 9.17) is 4.74 Å². The second-order valence-electron chi connectivity index (χ2n) is 6.63. The molecule has 0 aliphatic carbocycles. The van der Waals surface area contributed by atoms with Gasteiger partial charge < -0.3 is 10.1 Å². The molecule has 2 N–H and O–H groups in total. The highest BCUT2D eigenvalue weighted by atomic mass is 32.2. The van der Waals surface area contributed by atoms with E-state index in [-0.39, 0.29) is 21.9 Å². The number of carbonyl (C=O) groups is 1. The Morgan fingerprint density at radius 2 is 1.55 bits per heavy atom. The molecule has 0 atom stereocenters. The number of ether oxygens (including phenoxy) is 1. The van der Waals surface area contributed by atoms with E-state index < -0.39 is 15.9 Å². The number of anilines is 2. The van der Waals surface area contributed by atoms with Crippen LogP contribution in [0.3, 0.4) is 0 Å². The molecule has 0 aliphatic heterocycles. The van der Waals surface area contributed by atoms with Crippen LogP contribution in [-0.4, -0.2) is 21.4 Å². The van der Waals surface area contributed by atoms with Gasteiger partial charge in [-0.15, -0.1) is 0 Å². The molecule has 1 amide bonds. The largest absolute Gasteiger partial charge is 0.495 e. The van der Waals surface area contributed by atoms with E-state index >= 15 is 0 Å². The van der Waals surface area contributed by atoms with Gasteiger partial charge in [0.25, 0.3) is 15.9 Å². The summed E-state index contributed by atoms with van der Waals surface area (Å²) in [4.78, 5) is 12.8. The zero-order chi connectivity index (χ0) is 21.0. The Balaban J connectivity index is 1.92. The van der Waals surface area contributed by atoms with Crippen LogP contribution in [0.25, 0.3) is 0 Å². The van der Waals surface area contributed by atoms with Crippen LogP contribution in [-0.2, 0) is 10.0 Å². The Morgan fingerprint density at radius 3 is 2.24 bits per heavy atom. The predicted molar refractivity (Wildman–Crippen MR) is 114 cm³/mol. The highest BCUT2D eigenvalue weighted by molar-refractivity contribution is 7.92. The average molecular weight is 410 g/mol. The van der Waals surface area contributed by atoms with Crippen LogP contribution >= 0.6 is 0 Å². The first kappa shape index (κ1) is 20.4. The van der Waals surface area contributed by atoms with E-state index in [9.17, 15) is 13.2 Å². The van der Waals surface area contributed by atoms with Crippen molar-refractivity contribution in [3.63, 3.8) is 0 Å². The highest BCUT2D eigenvalue weighted by Gasteiger charge is 2.22. The smallest absolute Gasteiger partial charge is 0.265 e. The molecule has 3 rings (SSSR count). The molecule has 0 bridgehead atoms. The Morgan fingerprint density at radius 1 is 0.897 bits per heavy atom. The third-order valence-electron chi connectivity index (χ3n) is 4.33. The lowest BCUT2D eigenvalue weighted by Crippen LogP contribution is -2.19. The van der Waals surface area contributed by atoms with Crippen molar-refractivity contribution in [2.24, 2.45) is 0 Å². The molecule has 0 radical (unpaired) electrons. The van der Waals surface area contributed by atoms with Crippen molar-refractivity contribution < 1.29 is 17.9 Å². The number of nitrogens with one attached hydrogen (secondary N) is 2. The van der Waals surface area contributed by atoms with Gasteiger partial charge in [-0.1, -0.05) is 35.9 Å². The van der Waals surface area contributed by atoms with Gasteiger partial charge in [0, 0.05) is 5.69 Å². The fourth-order valence-electron chi connectivity index (χ4n) is 2.80. The molecule has 0 unspecified atom stereocenters. The lowest BCUT2D eigenvalue weighted by molar-refractivity contribution is 0.102. The minimum atomic E-state index is -3.97. The lowest BCUT2D eigenvalue weighted by Gasteiger charge is -2.15. The van der Waals surface area contributed by atoms with Crippen LogP contribution in [0.15, 0.2) is 71.6 Å². The standard InChI is InChI=1S/C22H22N2O4S/c1-15-8-11-17(12-9-15)23-22(25)18-6-4-5-7-19(18)24-29(26,27)21-14-16(2)10-13-20(21)28-3/h4-14,24H,1-3H3,(H,23,25). The van der Waals surface area contributed by atoms with Gasteiger partial charge >= 0.3 is 0 Å². The van der Waals surface area contributed by atoms with Gasteiger partial charge in [-0.25, -0.2) is 8.42 Å². The van der Waals surface area contributed by atoms with Crippen molar-refractivity contribution in [1.82, 2.24) is 0 Å². The molecule has 6 nitrogen and oxygen atoms in total. The molecular formula is C22H22N2O4S. The molecule has 0 spiro atoms. The molecule has 3 aromatic carbocycles. The monoisotopic (exact) mass is 410 g/mol. The third kappa shape index (κ3) is 4.75. The number of hydrogen-bond acceptors (Lipinski definition) is 4. The predicted octanol–water partition coefficient (Wildman–Crippen LogP) is 4.37. The van der Waals surface area contributed by atoms with E-state index in [2.05, 4.69) is 10.0 Å². The number of methoxy groups -OCH3 is 1. The molecule has 29 heavy (non-hydrogen) atoms. The second kappa shape index (κ2) is 8.36. The number of amides is 1. The molecule has 0 heterocycles. The molecule has 0 aliphatic rings. The summed E-state index contributed by atoms with van der Waals surface area (Å²) in [6.45, 7) is 3.75. The topological polar surface area (TPSA) is 84.5 Å². The van der Waals surface area contributed by atoms with Crippen molar-refractivity contribution in [3.05, 3.63) is 83.4 Å². The van der Waals surface area contributed by atoms with Crippen molar-refractivity contribution in [1.29, 1.82) is 0 Å². The van der Waals surface area contributed by atoms with Crippen molar-refractivity contribution in [3.8, 4) is 5.75 Å². The number of carbonyl (C=O) groups excluding carboxylic acids is 1. The van der Waals surface area contributed by atoms with Crippen molar-refractivity contribution in [2.45, 2.75) is 18.7 Å². The van der Waals surface area contributed by atoms with E-state index in [0.717, 1.165) is 11.1 Å². The Kier molecular flexibility index (Phi) is 5.89. The molecule has 0 fully saturated rings. The molecule has 0 aromatic heterocycles. The number of hydrogen-bond donors (Lipinski definition) is 2. The summed E-state index contributed by atoms with van der Waals surface area (Å²) in [5, 5.41) is 2.78. The first-order chi connectivity index (χ1) is 13.8. The molecule has 0 saturated heterocycles. The van der Waals surface area contributed by atoms with Gasteiger partial charge in [0.15, 0.2) is 0 Å². The molecular weight excluding hydrogens is 388 g/mol. The fourth-order valence-corrected chi connectivity index (χ4v) is 4.13. The SMILES string of the molecule is COc1ccc(C)cc1S(=O)(=O)Nc1ccccc1C(=O)Nc1ccc(C)cc1. The lowest BCUT2D eigenvalue weighted by atomic mass is 10.1. The summed E-state index contributed by atoms with van der Waals surface area (Å²) in [5.41, 5.74) is 2.86. The van der Waals surface area contributed by atoms with Crippen molar-refractivity contribution in [2.75, 3.05) is 17.1 Å². The maximum Gasteiger partial charge on any atom is 0.265 e. The minimum Gasteiger partial charge on any atom is -0.495 e. The van der Waals surface area contributed by atoms with Gasteiger partial charge in [0.2, 0.25) is 0 Å². The zero-order valence-corrected chi connectivity index (χ0v) is 17.2. The third-order valence-corrected chi connectivity index (χ3v) is 5.72. The summed E-state index contributed by atoms with van der Waals surface area (Å²) in [6, 6.07) is 18.7. The van der Waals surface area contributed by atoms with Gasteiger partial charge in [-0.2, -0.15) is 0 Å². The number of aryl methyl sites for hydroxylation is 2. The van der Waals surface area contributed by atoms with Crippen LogP contribution in [0.5, 0.6) is 5.75 Å². The second-order valence-corrected chi connectivity index (χ2v) is 8.28. The summed E-state index contributed by atoms with van der Waals surface area (Å²) >= 11 is 0. The van der Waals surface area contributed by atoms with Crippen LogP contribution in [0, 0.1) is 13.8 Å². The summed E-state index contributed by atoms with van der Waals surface area (Å²) in [6.07, 6.45) is 0. The Bertz CT molecular complexity index is 1140. The molecule has 3 aromatic rings. The van der Waals surface area contributed by atoms with Gasteiger partial charge in [0.05, 0.1) is 18.4 Å². The first-order valence-electron chi connectivity index (χ1n) is 8.94.